The molecule has 1 atom stereocenters. The Balaban J connectivity index is 1.83. The van der Waals surface area contributed by atoms with Gasteiger partial charge in [-0.15, -0.1) is 0 Å². The Hall–Kier alpha value is -2.04. The summed E-state index contributed by atoms with van der Waals surface area (Å²) < 4.78 is 0. The Morgan fingerprint density at radius 3 is 2.85 bits per heavy atom. The first kappa shape index (κ1) is 14.4. The molecule has 1 unspecified atom stereocenters. The van der Waals surface area contributed by atoms with Gasteiger partial charge in [0.05, 0.1) is 6.54 Å². The summed E-state index contributed by atoms with van der Waals surface area (Å²) in [6, 6.07) is 8.08. The first-order valence-electron chi connectivity index (χ1n) is 7.00. The zero-order valence-corrected chi connectivity index (χ0v) is 11.7. The van der Waals surface area contributed by atoms with Crippen molar-refractivity contribution >= 4 is 11.9 Å². The van der Waals surface area contributed by atoms with Crippen molar-refractivity contribution in [2.75, 3.05) is 20.1 Å². The lowest BCUT2D eigenvalue weighted by atomic mass is 9.83. The highest BCUT2D eigenvalue weighted by atomic mass is 16.2. The molecule has 0 fully saturated rings. The predicted octanol–water partition coefficient (Wildman–Crippen LogP) is 1.15. The van der Waals surface area contributed by atoms with Crippen LogP contribution in [0.25, 0.3) is 0 Å². The number of hydrogen-bond donors (Lipinski definition) is 3. The van der Waals surface area contributed by atoms with Crippen molar-refractivity contribution in [1.82, 2.24) is 16.0 Å². The minimum Gasteiger partial charge on any atom is -0.354 e. The van der Waals surface area contributed by atoms with Crippen molar-refractivity contribution in [2.45, 2.75) is 25.2 Å². The summed E-state index contributed by atoms with van der Waals surface area (Å²) in [5.74, 6) is 0.223. The number of urea groups is 1. The molecule has 2 rings (SSSR count). The summed E-state index contributed by atoms with van der Waals surface area (Å²) in [5, 5.41) is 7.78. The Kier molecular flexibility index (Phi) is 4.98. The van der Waals surface area contributed by atoms with Gasteiger partial charge in [-0.2, -0.15) is 0 Å². The van der Waals surface area contributed by atoms with E-state index in [-0.39, 0.29) is 18.5 Å². The normalized spacial score (nSPS) is 16.9. The van der Waals surface area contributed by atoms with Crippen molar-refractivity contribution < 1.29 is 9.59 Å². The third-order valence-corrected chi connectivity index (χ3v) is 3.68. The monoisotopic (exact) mass is 275 g/mol. The predicted molar refractivity (Wildman–Crippen MR) is 77.6 cm³/mol. The van der Waals surface area contributed by atoms with Crippen LogP contribution in [0, 0.1) is 0 Å². The summed E-state index contributed by atoms with van der Waals surface area (Å²) in [5.41, 5.74) is 2.74. The van der Waals surface area contributed by atoms with Gasteiger partial charge in [0.2, 0.25) is 5.91 Å². The van der Waals surface area contributed by atoms with Crippen LogP contribution in [-0.2, 0) is 11.2 Å². The van der Waals surface area contributed by atoms with Gasteiger partial charge in [-0.1, -0.05) is 24.3 Å². The molecule has 1 aliphatic carbocycles. The minimum absolute atomic E-state index is 0.00798. The van der Waals surface area contributed by atoms with E-state index < -0.39 is 0 Å². The third-order valence-electron chi connectivity index (χ3n) is 3.68. The number of fused-ring (bicyclic) bond motifs is 1. The summed E-state index contributed by atoms with van der Waals surface area (Å²) >= 11 is 0. The lowest BCUT2D eigenvalue weighted by Crippen LogP contribution is -2.41. The second-order valence-electron chi connectivity index (χ2n) is 5.02. The maximum Gasteiger partial charge on any atom is 0.314 e. The Bertz CT molecular complexity index is 488. The molecule has 1 aromatic rings. The van der Waals surface area contributed by atoms with Crippen LogP contribution in [0.3, 0.4) is 0 Å². The van der Waals surface area contributed by atoms with Gasteiger partial charge in [0.25, 0.3) is 0 Å². The van der Waals surface area contributed by atoms with E-state index in [1.54, 1.807) is 0 Å². The van der Waals surface area contributed by atoms with Crippen LogP contribution < -0.4 is 16.0 Å². The molecular weight excluding hydrogens is 254 g/mol. The van der Waals surface area contributed by atoms with Crippen LogP contribution in [0.5, 0.6) is 0 Å². The maximum absolute atomic E-state index is 11.7. The molecule has 20 heavy (non-hydrogen) atoms. The number of carbonyl (C=O) groups is 2. The molecule has 0 bridgehead atoms. The SMILES string of the molecule is CNC(=O)NCC(=O)NCC1CCCc2ccccc21. The van der Waals surface area contributed by atoms with Crippen molar-refractivity contribution in [3.63, 3.8) is 0 Å². The Labute approximate surface area is 119 Å². The van der Waals surface area contributed by atoms with E-state index >= 15 is 0 Å². The lowest BCUT2D eigenvalue weighted by Gasteiger charge is -2.25. The Morgan fingerprint density at radius 2 is 2.05 bits per heavy atom. The molecule has 0 saturated carbocycles. The molecule has 1 aliphatic rings. The van der Waals surface area contributed by atoms with Gasteiger partial charge < -0.3 is 16.0 Å². The van der Waals surface area contributed by atoms with Gasteiger partial charge in [-0.3, -0.25) is 4.79 Å². The fourth-order valence-corrected chi connectivity index (χ4v) is 2.62. The molecule has 3 amide bonds. The van der Waals surface area contributed by atoms with E-state index in [4.69, 9.17) is 0 Å². The van der Waals surface area contributed by atoms with Crippen LogP contribution >= 0.6 is 0 Å². The van der Waals surface area contributed by atoms with E-state index in [0.29, 0.717) is 12.5 Å². The zero-order valence-electron chi connectivity index (χ0n) is 11.7. The first-order chi connectivity index (χ1) is 9.70. The highest BCUT2D eigenvalue weighted by Crippen LogP contribution is 2.30. The van der Waals surface area contributed by atoms with Crippen molar-refractivity contribution in [1.29, 1.82) is 0 Å². The van der Waals surface area contributed by atoms with E-state index in [1.165, 1.54) is 18.2 Å². The maximum atomic E-state index is 11.7. The van der Waals surface area contributed by atoms with Gasteiger partial charge in [0.15, 0.2) is 0 Å². The highest BCUT2D eigenvalue weighted by Gasteiger charge is 2.20. The van der Waals surface area contributed by atoms with Crippen LogP contribution in [0.15, 0.2) is 24.3 Å². The van der Waals surface area contributed by atoms with E-state index in [9.17, 15) is 9.59 Å². The van der Waals surface area contributed by atoms with Gasteiger partial charge in [0, 0.05) is 19.5 Å². The number of carbonyl (C=O) groups excluding carboxylic acids is 2. The number of nitrogens with one attached hydrogen (secondary N) is 3. The highest BCUT2D eigenvalue weighted by molar-refractivity contribution is 5.83. The largest absolute Gasteiger partial charge is 0.354 e. The molecule has 3 N–H and O–H groups in total. The third kappa shape index (κ3) is 3.73. The fourth-order valence-electron chi connectivity index (χ4n) is 2.62. The van der Waals surface area contributed by atoms with Crippen molar-refractivity contribution in [2.24, 2.45) is 0 Å². The molecule has 5 heteroatoms. The quantitative estimate of drug-likeness (QED) is 0.771. The first-order valence-corrected chi connectivity index (χ1v) is 7.00. The number of benzene rings is 1. The number of rotatable bonds is 4. The smallest absolute Gasteiger partial charge is 0.314 e. The minimum atomic E-state index is -0.344. The number of amides is 3. The molecule has 0 aliphatic heterocycles. The number of hydrogen-bond acceptors (Lipinski definition) is 2. The molecule has 5 nitrogen and oxygen atoms in total. The summed E-state index contributed by atoms with van der Waals surface area (Å²) in [4.78, 5) is 22.6. The van der Waals surface area contributed by atoms with Crippen molar-refractivity contribution in [3.8, 4) is 0 Å². The molecule has 0 aromatic heterocycles. The second-order valence-corrected chi connectivity index (χ2v) is 5.02. The average molecular weight is 275 g/mol. The van der Waals surface area contributed by atoms with Crippen LogP contribution in [0.4, 0.5) is 4.79 Å². The molecule has 1 aromatic carbocycles. The van der Waals surface area contributed by atoms with Gasteiger partial charge in [-0.25, -0.2) is 4.79 Å². The lowest BCUT2D eigenvalue weighted by molar-refractivity contribution is -0.120. The molecule has 0 radical (unpaired) electrons. The Morgan fingerprint density at radius 1 is 1.25 bits per heavy atom. The van der Waals surface area contributed by atoms with E-state index in [0.717, 1.165) is 19.3 Å². The van der Waals surface area contributed by atoms with E-state index in [2.05, 4.69) is 34.1 Å². The summed E-state index contributed by atoms with van der Waals surface area (Å²) in [6.45, 7) is 0.638. The van der Waals surface area contributed by atoms with Crippen LogP contribution in [-0.4, -0.2) is 32.1 Å². The van der Waals surface area contributed by atoms with Gasteiger partial charge >= 0.3 is 6.03 Å². The average Bonchev–Trinajstić information content (AvgIpc) is 2.50. The standard InChI is InChI=1S/C15H21N3O2/c1-16-15(20)18-10-14(19)17-9-12-7-4-6-11-5-2-3-8-13(11)12/h2-3,5,8,12H,4,6-7,9-10H2,1H3,(H,17,19)(H2,16,18,20). The molecule has 0 spiro atoms. The topological polar surface area (TPSA) is 70.2 Å². The van der Waals surface area contributed by atoms with Crippen LogP contribution in [0.2, 0.25) is 0 Å². The van der Waals surface area contributed by atoms with Crippen LogP contribution in [0.1, 0.15) is 29.9 Å². The second kappa shape index (κ2) is 6.93. The molecule has 108 valence electrons. The molecular formula is C15H21N3O2. The van der Waals surface area contributed by atoms with E-state index in [1.807, 2.05) is 6.07 Å². The van der Waals surface area contributed by atoms with Gasteiger partial charge in [0.1, 0.15) is 0 Å². The summed E-state index contributed by atoms with van der Waals surface area (Å²) in [7, 11) is 1.52. The number of aryl methyl sites for hydroxylation is 1. The molecule has 0 heterocycles. The molecule has 0 saturated heterocycles. The van der Waals surface area contributed by atoms with Crippen molar-refractivity contribution in [3.05, 3.63) is 35.4 Å². The summed E-state index contributed by atoms with van der Waals surface area (Å²) in [6.07, 6.45) is 3.38. The fraction of sp³-hybridized carbons (Fsp3) is 0.467. The zero-order chi connectivity index (χ0) is 14.4. The van der Waals surface area contributed by atoms with Gasteiger partial charge in [-0.05, 0) is 30.4 Å².